The molecule has 2 aromatic rings. The molecule has 21 heavy (non-hydrogen) atoms. The Morgan fingerprint density at radius 3 is 2.81 bits per heavy atom. The summed E-state index contributed by atoms with van der Waals surface area (Å²) in [5.74, 6) is 0. The van der Waals surface area contributed by atoms with Crippen LogP contribution in [0.5, 0.6) is 0 Å². The molecule has 3 rings (SSSR count). The highest BCUT2D eigenvalue weighted by molar-refractivity contribution is 6.33. The monoisotopic (exact) mass is 303 g/mol. The van der Waals surface area contributed by atoms with Gasteiger partial charge in [-0.3, -0.25) is 4.68 Å². The van der Waals surface area contributed by atoms with Crippen molar-refractivity contribution in [2.45, 2.75) is 52.2 Å². The van der Waals surface area contributed by atoms with Gasteiger partial charge in [0.1, 0.15) is 0 Å². The second-order valence-corrected chi connectivity index (χ2v) is 6.24. The molecule has 1 saturated carbocycles. The van der Waals surface area contributed by atoms with Crippen molar-refractivity contribution in [3.63, 3.8) is 0 Å². The molecule has 4 heteroatoms. The van der Waals surface area contributed by atoms with E-state index < -0.39 is 0 Å². The minimum atomic E-state index is 0.720. The van der Waals surface area contributed by atoms with Crippen molar-refractivity contribution in [3.8, 4) is 11.1 Å². The molecule has 1 aromatic heterocycles. The molecule has 0 saturated heterocycles. The number of halogens is 1. The summed E-state index contributed by atoms with van der Waals surface area (Å²) < 4.78 is 2.05. The number of hydrogen-bond donors (Lipinski definition) is 1. The Morgan fingerprint density at radius 1 is 1.33 bits per heavy atom. The fraction of sp³-hybridized carbons (Fsp3) is 0.471. The summed E-state index contributed by atoms with van der Waals surface area (Å²) in [6, 6.07) is 7.07. The van der Waals surface area contributed by atoms with Crippen LogP contribution in [0, 0.1) is 6.92 Å². The maximum Gasteiger partial charge on any atom is 0.0571 e. The van der Waals surface area contributed by atoms with Gasteiger partial charge in [-0.25, -0.2) is 0 Å². The molecule has 1 aromatic carbocycles. The van der Waals surface area contributed by atoms with Gasteiger partial charge in [-0.05, 0) is 37.8 Å². The van der Waals surface area contributed by atoms with Gasteiger partial charge >= 0.3 is 0 Å². The summed E-state index contributed by atoms with van der Waals surface area (Å²) in [5.41, 5.74) is 4.64. The first kappa shape index (κ1) is 14.6. The van der Waals surface area contributed by atoms with Crippen LogP contribution in [-0.4, -0.2) is 15.8 Å². The van der Waals surface area contributed by atoms with E-state index in [2.05, 4.69) is 42.5 Å². The highest BCUT2D eigenvalue weighted by Gasteiger charge is 2.20. The molecule has 0 aliphatic heterocycles. The lowest BCUT2D eigenvalue weighted by molar-refractivity contribution is 0.587. The average molecular weight is 304 g/mol. The quantitative estimate of drug-likeness (QED) is 0.868. The number of nitrogens with one attached hydrogen (secondary N) is 1. The van der Waals surface area contributed by atoms with Crippen LogP contribution in [-0.2, 0) is 13.1 Å². The highest BCUT2D eigenvalue weighted by atomic mass is 35.5. The fourth-order valence-corrected chi connectivity index (χ4v) is 2.89. The largest absolute Gasteiger partial charge is 0.310 e. The number of aromatic nitrogens is 2. The molecule has 3 nitrogen and oxygen atoms in total. The van der Waals surface area contributed by atoms with E-state index in [0.717, 1.165) is 41.7 Å². The number of rotatable bonds is 6. The van der Waals surface area contributed by atoms with E-state index >= 15 is 0 Å². The van der Waals surface area contributed by atoms with Crippen molar-refractivity contribution in [3.05, 3.63) is 40.7 Å². The lowest BCUT2D eigenvalue weighted by Crippen LogP contribution is -2.15. The zero-order valence-corrected chi connectivity index (χ0v) is 13.5. The van der Waals surface area contributed by atoms with Gasteiger partial charge in [0.25, 0.3) is 0 Å². The number of aryl methyl sites for hydroxylation is 1. The topological polar surface area (TPSA) is 29.9 Å². The van der Waals surface area contributed by atoms with Gasteiger partial charge < -0.3 is 5.32 Å². The number of nitrogens with zero attached hydrogens (tertiary/aromatic N) is 2. The summed E-state index contributed by atoms with van der Waals surface area (Å²) in [5, 5.41) is 8.78. The zero-order valence-electron chi connectivity index (χ0n) is 12.7. The van der Waals surface area contributed by atoms with E-state index in [4.69, 9.17) is 11.6 Å². The standard InChI is InChI=1S/C17H22ClN3/c1-3-8-21-12(2)16(11-20-21)15-7-4-13(9-17(15)18)10-19-14-5-6-14/h4,7,9,11,14,19H,3,5-6,8,10H2,1-2H3. The summed E-state index contributed by atoms with van der Waals surface area (Å²) in [7, 11) is 0. The third kappa shape index (κ3) is 3.30. The molecule has 1 aliphatic rings. The molecule has 0 atom stereocenters. The van der Waals surface area contributed by atoms with Crippen molar-refractivity contribution < 1.29 is 0 Å². The molecule has 1 aliphatic carbocycles. The van der Waals surface area contributed by atoms with Gasteiger partial charge in [0.2, 0.25) is 0 Å². The van der Waals surface area contributed by atoms with E-state index in [9.17, 15) is 0 Å². The molecule has 0 unspecified atom stereocenters. The van der Waals surface area contributed by atoms with Gasteiger partial charge in [0, 0.05) is 41.0 Å². The summed E-state index contributed by atoms with van der Waals surface area (Å²) in [4.78, 5) is 0. The molecule has 1 fully saturated rings. The molecule has 0 amide bonds. The predicted octanol–water partition coefficient (Wildman–Crippen LogP) is 4.17. The first-order chi connectivity index (χ1) is 10.2. The Bertz CT molecular complexity index is 629. The van der Waals surface area contributed by atoms with E-state index in [1.807, 2.05) is 10.9 Å². The third-order valence-electron chi connectivity index (χ3n) is 4.03. The van der Waals surface area contributed by atoms with Crippen LogP contribution in [0.3, 0.4) is 0 Å². The van der Waals surface area contributed by atoms with Crippen LogP contribution in [0.25, 0.3) is 11.1 Å². The maximum absolute atomic E-state index is 6.49. The van der Waals surface area contributed by atoms with Crippen molar-refractivity contribution in [2.24, 2.45) is 0 Å². The molecule has 0 radical (unpaired) electrons. The molecule has 112 valence electrons. The van der Waals surface area contributed by atoms with Gasteiger partial charge in [-0.15, -0.1) is 0 Å². The van der Waals surface area contributed by atoms with E-state index in [0.29, 0.717) is 0 Å². The Morgan fingerprint density at radius 2 is 2.14 bits per heavy atom. The number of benzene rings is 1. The predicted molar refractivity (Wildman–Crippen MR) is 87.6 cm³/mol. The minimum Gasteiger partial charge on any atom is -0.310 e. The van der Waals surface area contributed by atoms with E-state index in [1.54, 1.807) is 0 Å². The highest BCUT2D eigenvalue weighted by Crippen LogP contribution is 2.31. The van der Waals surface area contributed by atoms with Crippen molar-refractivity contribution in [2.75, 3.05) is 0 Å². The van der Waals surface area contributed by atoms with Crippen LogP contribution in [0.15, 0.2) is 24.4 Å². The lowest BCUT2D eigenvalue weighted by atomic mass is 10.0. The molecule has 0 spiro atoms. The van der Waals surface area contributed by atoms with Crippen LogP contribution in [0.4, 0.5) is 0 Å². The first-order valence-corrected chi connectivity index (χ1v) is 8.11. The van der Waals surface area contributed by atoms with E-state index in [1.165, 1.54) is 24.1 Å². The second-order valence-electron chi connectivity index (χ2n) is 5.84. The smallest absolute Gasteiger partial charge is 0.0571 e. The molecule has 0 bridgehead atoms. The van der Waals surface area contributed by atoms with Crippen LogP contribution >= 0.6 is 11.6 Å². The van der Waals surface area contributed by atoms with Crippen molar-refractivity contribution in [1.29, 1.82) is 0 Å². The summed E-state index contributed by atoms with van der Waals surface area (Å²) in [6.45, 7) is 6.12. The first-order valence-electron chi connectivity index (χ1n) is 7.73. The molecule has 1 heterocycles. The fourth-order valence-electron chi connectivity index (χ4n) is 2.58. The Kier molecular flexibility index (Phi) is 4.32. The molecular weight excluding hydrogens is 282 g/mol. The second kappa shape index (κ2) is 6.20. The zero-order chi connectivity index (χ0) is 14.8. The maximum atomic E-state index is 6.49. The number of hydrogen-bond acceptors (Lipinski definition) is 2. The summed E-state index contributed by atoms with van der Waals surface area (Å²) >= 11 is 6.49. The Hall–Kier alpha value is -1.32. The van der Waals surface area contributed by atoms with Crippen molar-refractivity contribution >= 4 is 11.6 Å². The van der Waals surface area contributed by atoms with Gasteiger partial charge in [0.05, 0.1) is 6.20 Å². The van der Waals surface area contributed by atoms with Crippen LogP contribution in [0.1, 0.15) is 37.4 Å². The average Bonchev–Trinajstić information content (AvgIpc) is 3.23. The normalized spacial score (nSPS) is 14.6. The van der Waals surface area contributed by atoms with Crippen LogP contribution < -0.4 is 5.32 Å². The van der Waals surface area contributed by atoms with Crippen LogP contribution in [0.2, 0.25) is 5.02 Å². The summed E-state index contributed by atoms with van der Waals surface area (Å²) in [6.07, 6.45) is 5.62. The van der Waals surface area contributed by atoms with Gasteiger partial charge in [0.15, 0.2) is 0 Å². The minimum absolute atomic E-state index is 0.720. The molecule has 1 N–H and O–H groups in total. The van der Waals surface area contributed by atoms with E-state index in [-0.39, 0.29) is 0 Å². The van der Waals surface area contributed by atoms with Crippen molar-refractivity contribution in [1.82, 2.24) is 15.1 Å². The third-order valence-corrected chi connectivity index (χ3v) is 4.35. The van der Waals surface area contributed by atoms with Gasteiger partial charge in [-0.2, -0.15) is 5.10 Å². The lowest BCUT2D eigenvalue weighted by Gasteiger charge is -2.09. The molecular formula is C17H22ClN3. The Balaban J connectivity index is 1.81. The van der Waals surface area contributed by atoms with Gasteiger partial charge in [-0.1, -0.05) is 30.7 Å². The Labute approximate surface area is 131 Å². The SMILES string of the molecule is CCCn1ncc(-c2ccc(CNC3CC3)cc2Cl)c1C.